The van der Waals surface area contributed by atoms with E-state index >= 15 is 0 Å². The van der Waals surface area contributed by atoms with E-state index in [1.807, 2.05) is 85.1 Å². The third-order valence-corrected chi connectivity index (χ3v) is 6.96. The van der Waals surface area contributed by atoms with Crippen LogP contribution < -0.4 is 4.74 Å². The number of aromatic hydroxyl groups is 1. The van der Waals surface area contributed by atoms with Gasteiger partial charge in [0.15, 0.2) is 0 Å². The largest absolute Gasteiger partial charge is 0.480 e. The normalized spacial score (nSPS) is 11.1. The van der Waals surface area contributed by atoms with Crippen molar-refractivity contribution in [2.45, 2.75) is 0 Å². The number of pyridine rings is 2. The number of thiophene rings is 1. The Hall–Kier alpha value is -4.06. The summed E-state index contributed by atoms with van der Waals surface area (Å²) in [5, 5.41) is 15.6. The minimum absolute atomic E-state index is 0. The summed E-state index contributed by atoms with van der Waals surface area (Å²) in [7, 11) is 0. The second kappa shape index (κ2) is 9.43. The molecule has 0 aliphatic carbocycles. The molecule has 0 spiro atoms. The van der Waals surface area contributed by atoms with E-state index in [0.717, 1.165) is 32.9 Å². The van der Waals surface area contributed by atoms with Gasteiger partial charge in [0.1, 0.15) is 5.82 Å². The molecule has 0 fully saturated rings. The van der Waals surface area contributed by atoms with Gasteiger partial charge in [0.25, 0.3) is 0 Å². The summed E-state index contributed by atoms with van der Waals surface area (Å²) in [6.07, 6.45) is 1.82. The monoisotopic (exact) mass is 680 g/mol. The average Bonchev–Trinajstić information content (AvgIpc) is 3.52. The number of ether oxygens (including phenoxy) is 1. The maximum Gasteiger partial charge on any atom is 0.300 e. The molecule has 8 heteroatoms. The maximum atomic E-state index is 10.6. The quantitative estimate of drug-likeness (QED) is 0.200. The van der Waals surface area contributed by atoms with E-state index in [1.54, 1.807) is 15.9 Å². The molecule has 4 aromatic heterocycles. The number of imidazole rings is 1. The average molecular weight is 681 g/mol. The van der Waals surface area contributed by atoms with Crippen LogP contribution in [0.2, 0.25) is 0 Å². The SMILES string of the molecule is Oc1nc2ccccc2n1-c1cc2ccccc2c(Oc2[c-]c(-c3nccc4sccc34)ccc2)n1.[Pt]. The summed E-state index contributed by atoms with van der Waals surface area (Å²) >= 11 is 1.68. The minimum Gasteiger partial charge on any atom is -0.480 e. The van der Waals surface area contributed by atoms with Crippen molar-refractivity contribution in [3.63, 3.8) is 0 Å². The summed E-state index contributed by atoms with van der Waals surface area (Å²) in [4.78, 5) is 13.7. The molecular formula is C29H17N4O2PtS-. The number of nitrogens with zero attached hydrogens (tertiary/aromatic N) is 4. The molecule has 6 nitrogen and oxygen atoms in total. The first kappa shape index (κ1) is 23.3. The minimum atomic E-state index is -0.131. The van der Waals surface area contributed by atoms with Crippen LogP contribution in [-0.4, -0.2) is 24.6 Å². The fourth-order valence-electron chi connectivity index (χ4n) is 4.44. The van der Waals surface area contributed by atoms with Crippen molar-refractivity contribution in [3.8, 4) is 34.7 Å². The Morgan fingerprint density at radius 3 is 2.68 bits per heavy atom. The van der Waals surface area contributed by atoms with Crippen LogP contribution in [0.3, 0.4) is 0 Å². The van der Waals surface area contributed by atoms with Gasteiger partial charge >= 0.3 is 6.01 Å². The molecule has 1 N–H and O–H groups in total. The van der Waals surface area contributed by atoms with Gasteiger partial charge in [-0.25, -0.2) is 4.57 Å². The molecule has 0 aliphatic rings. The smallest absolute Gasteiger partial charge is 0.300 e. The number of rotatable bonds is 4. The number of aromatic nitrogens is 4. The van der Waals surface area contributed by atoms with E-state index in [2.05, 4.69) is 27.5 Å². The molecule has 37 heavy (non-hydrogen) atoms. The third kappa shape index (κ3) is 4.06. The first-order valence-corrected chi connectivity index (χ1v) is 12.2. The molecular weight excluding hydrogens is 663 g/mol. The molecule has 0 radical (unpaired) electrons. The molecule has 0 aliphatic heterocycles. The predicted octanol–water partition coefficient (Wildman–Crippen LogP) is 7.15. The standard InChI is InChI=1S/C29H17N4O2S.Pt/c34-29-31-23-10-3-4-11-24(23)33(29)26-17-18-6-1-2-9-21(18)28(32-26)35-20-8-5-7-19(16-20)27-22-13-15-36-25(22)12-14-30-27;/h1-15,17H,(H,31,34);/q-1;. The van der Waals surface area contributed by atoms with Gasteiger partial charge < -0.3 is 14.8 Å². The van der Waals surface area contributed by atoms with Crippen LogP contribution in [0.1, 0.15) is 0 Å². The van der Waals surface area contributed by atoms with Crippen molar-refractivity contribution in [2.24, 2.45) is 0 Å². The predicted molar refractivity (Wildman–Crippen MR) is 142 cm³/mol. The Morgan fingerprint density at radius 2 is 1.73 bits per heavy atom. The Bertz CT molecular complexity index is 1910. The number of hydrogen-bond donors (Lipinski definition) is 1. The van der Waals surface area contributed by atoms with Gasteiger partial charge in [-0.05, 0) is 52.2 Å². The Kier molecular flexibility index (Phi) is 5.95. The molecule has 7 rings (SSSR count). The number of benzene rings is 3. The Labute approximate surface area is 230 Å². The van der Waals surface area contributed by atoms with E-state index in [0.29, 0.717) is 23.0 Å². The van der Waals surface area contributed by atoms with Gasteiger partial charge in [0.2, 0.25) is 5.88 Å². The van der Waals surface area contributed by atoms with Gasteiger partial charge in [0, 0.05) is 43.1 Å². The molecule has 0 saturated carbocycles. The van der Waals surface area contributed by atoms with Gasteiger partial charge in [-0.3, -0.25) is 0 Å². The molecule has 0 saturated heterocycles. The summed E-state index contributed by atoms with van der Waals surface area (Å²) in [5.74, 6) is 1.45. The second-order valence-electron chi connectivity index (χ2n) is 8.27. The molecule has 0 bridgehead atoms. The number of fused-ring (bicyclic) bond motifs is 3. The van der Waals surface area contributed by atoms with Crippen LogP contribution in [-0.2, 0) is 21.1 Å². The molecule has 4 heterocycles. The third-order valence-electron chi connectivity index (χ3n) is 6.07. The molecule has 7 aromatic rings. The van der Waals surface area contributed by atoms with Crippen molar-refractivity contribution in [3.05, 3.63) is 103 Å². The summed E-state index contributed by atoms with van der Waals surface area (Å²) in [6.45, 7) is 0. The molecule has 182 valence electrons. The summed E-state index contributed by atoms with van der Waals surface area (Å²) < 4.78 is 9.13. The molecule has 0 atom stereocenters. The zero-order chi connectivity index (χ0) is 24.1. The molecule has 0 amide bonds. The van der Waals surface area contributed by atoms with Crippen LogP contribution in [0.5, 0.6) is 17.6 Å². The van der Waals surface area contributed by atoms with Crippen molar-refractivity contribution < 1.29 is 30.9 Å². The van der Waals surface area contributed by atoms with Crippen LogP contribution in [0.25, 0.3) is 49.0 Å². The fraction of sp³-hybridized carbons (Fsp3) is 0. The number of para-hydroxylation sites is 2. The van der Waals surface area contributed by atoms with Crippen LogP contribution >= 0.6 is 11.3 Å². The van der Waals surface area contributed by atoms with Gasteiger partial charge in [-0.1, -0.05) is 42.5 Å². The summed E-state index contributed by atoms with van der Waals surface area (Å²) in [5.41, 5.74) is 3.14. The van der Waals surface area contributed by atoms with Crippen molar-refractivity contribution >= 4 is 43.2 Å². The van der Waals surface area contributed by atoms with Gasteiger partial charge in [-0.2, -0.15) is 9.97 Å². The molecule has 3 aromatic carbocycles. The van der Waals surface area contributed by atoms with E-state index in [-0.39, 0.29) is 27.1 Å². The first-order valence-electron chi connectivity index (χ1n) is 11.3. The van der Waals surface area contributed by atoms with Crippen molar-refractivity contribution in [2.75, 3.05) is 0 Å². The second-order valence-corrected chi connectivity index (χ2v) is 9.21. The van der Waals surface area contributed by atoms with Gasteiger partial charge in [0.05, 0.1) is 11.0 Å². The van der Waals surface area contributed by atoms with E-state index in [4.69, 9.17) is 9.72 Å². The summed E-state index contributed by atoms with van der Waals surface area (Å²) in [6, 6.07) is 30.4. The Balaban J connectivity index is 0.00000252. The van der Waals surface area contributed by atoms with Crippen LogP contribution in [0.4, 0.5) is 0 Å². The fourth-order valence-corrected chi connectivity index (χ4v) is 5.23. The van der Waals surface area contributed by atoms with Crippen molar-refractivity contribution in [1.29, 1.82) is 0 Å². The topological polar surface area (TPSA) is 73.1 Å². The van der Waals surface area contributed by atoms with Crippen LogP contribution in [0, 0.1) is 6.07 Å². The Morgan fingerprint density at radius 1 is 0.865 bits per heavy atom. The van der Waals surface area contributed by atoms with E-state index in [9.17, 15) is 5.11 Å². The van der Waals surface area contributed by atoms with Gasteiger partial charge in [-0.15, -0.1) is 35.1 Å². The van der Waals surface area contributed by atoms with Crippen molar-refractivity contribution in [1.82, 2.24) is 19.5 Å². The first-order chi connectivity index (χ1) is 17.7. The zero-order valence-electron chi connectivity index (χ0n) is 19.1. The van der Waals surface area contributed by atoms with E-state index in [1.165, 1.54) is 4.70 Å². The number of hydrogen-bond acceptors (Lipinski definition) is 6. The van der Waals surface area contributed by atoms with Crippen LogP contribution in [0.15, 0.2) is 96.5 Å². The zero-order valence-corrected chi connectivity index (χ0v) is 22.2. The maximum absolute atomic E-state index is 10.6. The molecule has 0 unspecified atom stereocenters. The van der Waals surface area contributed by atoms with E-state index < -0.39 is 0 Å².